The molecule has 2 aliphatic heterocycles. The Hall–Kier alpha value is -2.72. The summed E-state index contributed by atoms with van der Waals surface area (Å²) in [6, 6.07) is 3.73. The highest BCUT2D eigenvalue weighted by Gasteiger charge is 2.38. The van der Waals surface area contributed by atoms with Crippen molar-refractivity contribution in [1.29, 1.82) is 0 Å². The van der Waals surface area contributed by atoms with E-state index in [0.717, 1.165) is 32.0 Å². The van der Waals surface area contributed by atoms with Crippen LogP contribution in [-0.4, -0.2) is 61.1 Å². The molecule has 2 aliphatic rings. The molecule has 2 amide bonds. The smallest absolute Gasteiger partial charge is 0.395 e. The molecule has 3 rings (SSSR count). The number of hydrogen-bond donors (Lipinski definition) is 3. The number of carbonyl (C=O) groups excluding carboxylic acids is 1. The van der Waals surface area contributed by atoms with Gasteiger partial charge in [-0.05, 0) is 50.6 Å². The van der Waals surface area contributed by atoms with Gasteiger partial charge < -0.3 is 30.1 Å². The lowest BCUT2D eigenvalue weighted by Gasteiger charge is -2.30. The number of aliphatic hydroxyl groups excluding tert-OH is 1. The molecule has 0 aromatic heterocycles. The number of alkyl halides is 3. The van der Waals surface area contributed by atoms with E-state index in [2.05, 4.69) is 22.1 Å². The average molecular weight is 484 g/mol. The number of aliphatic hydroxyl groups is 1. The Morgan fingerprint density at radius 1 is 1.24 bits per heavy atom. The van der Waals surface area contributed by atoms with E-state index in [1.54, 1.807) is 25.1 Å². The first-order valence-corrected chi connectivity index (χ1v) is 11.4. The molecule has 2 heterocycles. The molecular weight excluding hydrogens is 451 g/mol. The molecule has 0 radical (unpaired) electrons. The van der Waals surface area contributed by atoms with Crippen LogP contribution < -0.4 is 20.1 Å². The van der Waals surface area contributed by atoms with E-state index < -0.39 is 36.7 Å². The van der Waals surface area contributed by atoms with E-state index in [4.69, 9.17) is 9.47 Å². The molecule has 0 aliphatic carbocycles. The second-order valence-corrected chi connectivity index (χ2v) is 8.46. The summed E-state index contributed by atoms with van der Waals surface area (Å²) in [7, 11) is 0. The second-order valence-electron chi connectivity index (χ2n) is 8.46. The lowest BCUT2D eigenvalue weighted by atomic mass is 10.0. The molecule has 7 nitrogen and oxygen atoms in total. The molecule has 34 heavy (non-hydrogen) atoms. The zero-order valence-corrected chi connectivity index (χ0v) is 19.2. The number of ether oxygens (including phenoxy) is 2. The number of hydrogen-bond acceptors (Lipinski definition) is 5. The van der Waals surface area contributed by atoms with Gasteiger partial charge in [0.2, 0.25) is 0 Å². The quantitative estimate of drug-likeness (QED) is 0.464. The van der Waals surface area contributed by atoms with Crippen molar-refractivity contribution in [1.82, 2.24) is 15.5 Å². The van der Waals surface area contributed by atoms with E-state index in [1.807, 2.05) is 0 Å². The largest absolute Gasteiger partial charge is 0.486 e. The van der Waals surface area contributed by atoms with Gasteiger partial charge in [-0.15, -0.1) is 6.58 Å². The normalized spacial score (nSPS) is 19.3. The summed E-state index contributed by atoms with van der Waals surface area (Å²) in [4.78, 5) is 14.9. The van der Waals surface area contributed by atoms with E-state index in [0.29, 0.717) is 36.8 Å². The first-order valence-electron chi connectivity index (χ1n) is 11.4. The van der Waals surface area contributed by atoms with Crippen molar-refractivity contribution < 1.29 is 32.5 Å². The van der Waals surface area contributed by atoms with Crippen molar-refractivity contribution >= 4 is 6.03 Å². The minimum atomic E-state index is -4.46. The van der Waals surface area contributed by atoms with E-state index >= 15 is 0 Å². The zero-order chi connectivity index (χ0) is 24.7. The van der Waals surface area contributed by atoms with E-state index in [9.17, 15) is 23.1 Å². The van der Waals surface area contributed by atoms with Crippen LogP contribution >= 0.6 is 0 Å². The molecule has 1 unspecified atom stereocenters. The van der Waals surface area contributed by atoms with Crippen molar-refractivity contribution in [3.63, 3.8) is 0 Å². The van der Waals surface area contributed by atoms with Gasteiger partial charge in [-0.25, -0.2) is 4.79 Å². The molecule has 3 atom stereocenters. The highest BCUT2D eigenvalue weighted by molar-refractivity contribution is 5.76. The van der Waals surface area contributed by atoms with Crippen molar-refractivity contribution in [2.45, 2.75) is 44.5 Å². The van der Waals surface area contributed by atoms with E-state index in [-0.39, 0.29) is 5.70 Å². The van der Waals surface area contributed by atoms with Crippen molar-refractivity contribution in [2.75, 3.05) is 32.8 Å². The Balaban J connectivity index is 1.71. The standard InChI is InChI=1S/C24H32F3N3O4/c1-3-17(24(25,26)27)14-18(4-2)28-23(32)29-19(15-30-9-5-6-10-30)22(31)16-7-8-20-21(13-16)34-12-11-33-20/h3-4,7-8,13,17,19,22,31H,1,5-6,9-12,14-15H2,2H3,(H2,28,29,32)/b18-4+/t17?,19-,22-/m1/s1. The van der Waals surface area contributed by atoms with Crippen LogP contribution in [0.3, 0.4) is 0 Å². The van der Waals surface area contributed by atoms with Gasteiger partial charge in [0, 0.05) is 18.7 Å². The maximum atomic E-state index is 13.1. The third kappa shape index (κ3) is 6.89. The first-order chi connectivity index (χ1) is 16.2. The van der Waals surface area contributed by atoms with Crippen molar-refractivity contribution in [3.05, 3.63) is 48.2 Å². The molecule has 1 fully saturated rings. The van der Waals surface area contributed by atoms with Gasteiger partial charge in [-0.3, -0.25) is 0 Å². The topological polar surface area (TPSA) is 83.1 Å². The van der Waals surface area contributed by atoms with Crippen LogP contribution in [0.1, 0.15) is 37.9 Å². The average Bonchev–Trinajstić information content (AvgIpc) is 3.32. The molecule has 1 saturated heterocycles. The van der Waals surface area contributed by atoms with Gasteiger partial charge in [0.25, 0.3) is 0 Å². The van der Waals surface area contributed by atoms with Crippen LogP contribution in [0, 0.1) is 5.92 Å². The number of amides is 2. The number of rotatable bonds is 9. The monoisotopic (exact) mass is 483 g/mol. The predicted molar refractivity (Wildman–Crippen MR) is 122 cm³/mol. The SMILES string of the molecule is C=CC(C/C(=C\C)NC(=O)N[C@H](CN1CCCC1)[C@H](O)c1ccc2c(c1)OCCO2)C(F)(F)F. The highest BCUT2D eigenvalue weighted by Crippen LogP contribution is 2.34. The minimum absolute atomic E-state index is 0.119. The molecule has 0 saturated carbocycles. The number of halogens is 3. The third-order valence-electron chi connectivity index (χ3n) is 6.03. The summed E-state index contributed by atoms with van der Waals surface area (Å²) in [6.45, 7) is 7.75. The summed E-state index contributed by atoms with van der Waals surface area (Å²) >= 11 is 0. The summed E-state index contributed by atoms with van der Waals surface area (Å²) in [5.74, 6) is -0.670. The van der Waals surface area contributed by atoms with Crippen LogP contribution in [0.4, 0.5) is 18.0 Å². The number of likely N-dealkylation sites (tertiary alicyclic amines) is 1. The molecule has 1 aromatic rings. The summed E-state index contributed by atoms with van der Waals surface area (Å²) in [5.41, 5.74) is 0.664. The minimum Gasteiger partial charge on any atom is -0.486 e. The van der Waals surface area contributed by atoms with Gasteiger partial charge in [0.15, 0.2) is 11.5 Å². The zero-order valence-electron chi connectivity index (χ0n) is 19.2. The van der Waals surface area contributed by atoms with E-state index in [1.165, 1.54) is 6.08 Å². The fraction of sp³-hybridized carbons (Fsp3) is 0.542. The van der Waals surface area contributed by atoms with Gasteiger partial charge in [0.05, 0.1) is 12.0 Å². The molecule has 188 valence electrons. The number of nitrogens with zero attached hydrogens (tertiary/aromatic N) is 1. The molecule has 1 aromatic carbocycles. The molecule has 10 heteroatoms. The van der Waals surface area contributed by atoms with Crippen LogP contribution in [0.2, 0.25) is 0 Å². The molecular formula is C24H32F3N3O4. The van der Waals surface area contributed by atoms with Crippen LogP contribution in [0.25, 0.3) is 0 Å². The Morgan fingerprint density at radius 2 is 1.91 bits per heavy atom. The molecule has 3 N–H and O–H groups in total. The van der Waals surface area contributed by atoms with Gasteiger partial charge in [-0.2, -0.15) is 13.2 Å². The Morgan fingerprint density at radius 3 is 2.53 bits per heavy atom. The summed E-state index contributed by atoms with van der Waals surface area (Å²) in [5, 5.41) is 16.4. The van der Waals surface area contributed by atoms with Gasteiger partial charge >= 0.3 is 12.2 Å². The Labute approximate surface area is 197 Å². The maximum Gasteiger partial charge on any atom is 0.395 e. The van der Waals surface area contributed by atoms with Crippen LogP contribution in [0.15, 0.2) is 42.6 Å². The van der Waals surface area contributed by atoms with Gasteiger partial charge in [-0.1, -0.05) is 18.2 Å². The highest BCUT2D eigenvalue weighted by atomic mass is 19.4. The molecule has 0 spiro atoms. The lowest BCUT2D eigenvalue weighted by molar-refractivity contribution is -0.160. The Bertz CT molecular complexity index is 885. The summed E-state index contributed by atoms with van der Waals surface area (Å²) in [6.07, 6.45) is -1.64. The van der Waals surface area contributed by atoms with Crippen LogP contribution in [0.5, 0.6) is 11.5 Å². The first kappa shape index (κ1) is 25.9. The van der Waals surface area contributed by atoms with Crippen molar-refractivity contribution in [3.8, 4) is 11.5 Å². The van der Waals surface area contributed by atoms with Gasteiger partial charge in [0.1, 0.15) is 19.3 Å². The fourth-order valence-corrected chi connectivity index (χ4v) is 4.10. The number of fused-ring (bicyclic) bond motifs is 1. The third-order valence-corrected chi connectivity index (χ3v) is 6.03. The fourth-order valence-electron chi connectivity index (χ4n) is 4.10. The predicted octanol–water partition coefficient (Wildman–Crippen LogP) is 3.91. The maximum absolute atomic E-state index is 13.1. The van der Waals surface area contributed by atoms with Crippen molar-refractivity contribution in [2.24, 2.45) is 5.92 Å². The number of allylic oxidation sites excluding steroid dienone is 3. The Kier molecular flexibility index (Phi) is 8.84. The number of carbonyl (C=O) groups is 1. The summed E-state index contributed by atoms with van der Waals surface area (Å²) < 4.78 is 50.5. The number of urea groups is 1. The number of benzene rings is 1. The lowest BCUT2D eigenvalue weighted by Crippen LogP contribution is -2.50. The second kappa shape index (κ2) is 11.6. The molecule has 0 bridgehead atoms. The van der Waals surface area contributed by atoms with Crippen LogP contribution in [-0.2, 0) is 0 Å². The number of nitrogens with one attached hydrogen (secondary N) is 2.